The Labute approximate surface area is 163 Å². The third-order valence-corrected chi connectivity index (χ3v) is 5.18. The lowest BCUT2D eigenvalue weighted by Crippen LogP contribution is -2.41. The van der Waals surface area contributed by atoms with E-state index in [-0.39, 0.29) is 11.9 Å². The van der Waals surface area contributed by atoms with Crippen LogP contribution in [0, 0.1) is 0 Å². The number of ether oxygens (including phenoxy) is 2. The van der Waals surface area contributed by atoms with Crippen LogP contribution in [0.25, 0.3) is 0 Å². The van der Waals surface area contributed by atoms with Gasteiger partial charge in [-0.05, 0) is 47.9 Å². The van der Waals surface area contributed by atoms with E-state index in [2.05, 4.69) is 10.1 Å². The van der Waals surface area contributed by atoms with Crippen molar-refractivity contribution in [3.63, 3.8) is 0 Å². The molecule has 0 spiro atoms. The number of fused-ring (bicyclic) bond motifs is 1. The molecule has 1 amide bonds. The van der Waals surface area contributed by atoms with Gasteiger partial charge in [0.15, 0.2) is 11.5 Å². The molecule has 0 N–H and O–H groups in total. The van der Waals surface area contributed by atoms with E-state index in [4.69, 9.17) is 9.47 Å². The molecule has 0 aliphatic carbocycles. The highest BCUT2D eigenvalue weighted by Crippen LogP contribution is 2.41. The van der Waals surface area contributed by atoms with Gasteiger partial charge in [-0.25, -0.2) is 0 Å². The zero-order valence-corrected chi connectivity index (χ0v) is 16.1. The van der Waals surface area contributed by atoms with Gasteiger partial charge in [-0.3, -0.25) is 14.5 Å². The van der Waals surface area contributed by atoms with Gasteiger partial charge in [-0.2, -0.15) is 5.10 Å². The molecule has 1 unspecified atom stereocenters. The molecule has 1 aliphatic heterocycles. The molecule has 1 aliphatic rings. The maximum Gasteiger partial charge on any atom is 0.256 e. The predicted molar refractivity (Wildman–Crippen MR) is 104 cm³/mol. The summed E-state index contributed by atoms with van der Waals surface area (Å²) >= 11 is 0. The Balaban J connectivity index is 1.86. The van der Waals surface area contributed by atoms with Crippen LogP contribution in [-0.2, 0) is 13.5 Å². The number of hydrogen-bond donors (Lipinski definition) is 0. The van der Waals surface area contributed by atoms with Crippen LogP contribution in [0.2, 0.25) is 0 Å². The fourth-order valence-electron chi connectivity index (χ4n) is 3.79. The molecule has 28 heavy (non-hydrogen) atoms. The van der Waals surface area contributed by atoms with E-state index in [0.29, 0.717) is 23.6 Å². The van der Waals surface area contributed by atoms with Crippen molar-refractivity contribution in [1.82, 2.24) is 19.7 Å². The van der Waals surface area contributed by atoms with Gasteiger partial charge >= 0.3 is 0 Å². The van der Waals surface area contributed by atoms with Crippen molar-refractivity contribution in [2.75, 3.05) is 20.8 Å². The average molecular weight is 378 g/mol. The molecule has 0 saturated carbocycles. The highest BCUT2D eigenvalue weighted by atomic mass is 16.5. The zero-order valence-electron chi connectivity index (χ0n) is 16.1. The lowest BCUT2D eigenvalue weighted by atomic mass is 9.89. The van der Waals surface area contributed by atoms with E-state index in [9.17, 15) is 4.79 Å². The van der Waals surface area contributed by atoms with E-state index >= 15 is 0 Å². The second kappa shape index (κ2) is 7.34. The first-order valence-corrected chi connectivity index (χ1v) is 9.07. The summed E-state index contributed by atoms with van der Waals surface area (Å²) in [6.07, 6.45) is 5.75. The summed E-state index contributed by atoms with van der Waals surface area (Å²) in [6.45, 7) is 0.589. The number of amides is 1. The van der Waals surface area contributed by atoms with E-state index in [0.717, 1.165) is 23.2 Å². The highest BCUT2D eigenvalue weighted by molar-refractivity contribution is 5.94. The van der Waals surface area contributed by atoms with Gasteiger partial charge in [0.2, 0.25) is 0 Å². The zero-order chi connectivity index (χ0) is 19.7. The Bertz CT molecular complexity index is 1000. The number of methoxy groups -OCH3 is 2. The van der Waals surface area contributed by atoms with Gasteiger partial charge in [0, 0.05) is 32.2 Å². The molecule has 0 radical (unpaired) electrons. The highest BCUT2D eigenvalue weighted by Gasteiger charge is 2.35. The van der Waals surface area contributed by atoms with E-state index in [1.54, 1.807) is 49.6 Å². The van der Waals surface area contributed by atoms with Crippen molar-refractivity contribution < 1.29 is 14.3 Å². The summed E-state index contributed by atoms with van der Waals surface area (Å²) < 4.78 is 12.8. The van der Waals surface area contributed by atoms with Crippen LogP contribution in [0.1, 0.15) is 33.2 Å². The van der Waals surface area contributed by atoms with Gasteiger partial charge in [-0.1, -0.05) is 0 Å². The quantitative estimate of drug-likeness (QED) is 0.698. The number of carbonyl (C=O) groups excluding carboxylic acids is 1. The van der Waals surface area contributed by atoms with Crippen LogP contribution in [-0.4, -0.2) is 46.3 Å². The molecule has 1 aromatic carbocycles. The number of hydrogen-bond acceptors (Lipinski definition) is 5. The molecule has 7 nitrogen and oxygen atoms in total. The number of benzene rings is 1. The predicted octanol–water partition coefficient (Wildman–Crippen LogP) is 2.62. The van der Waals surface area contributed by atoms with E-state index < -0.39 is 0 Å². The minimum Gasteiger partial charge on any atom is -0.493 e. The molecule has 2 aromatic heterocycles. The Morgan fingerprint density at radius 2 is 1.93 bits per heavy atom. The second-order valence-corrected chi connectivity index (χ2v) is 6.68. The molecule has 1 atom stereocenters. The topological polar surface area (TPSA) is 69.5 Å². The Kier molecular flexibility index (Phi) is 4.73. The lowest BCUT2D eigenvalue weighted by Gasteiger charge is -2.37. The van der Waals surface area contributed by atoms with Crippen molar-refractivity contribution in [2.45, 2.75) is 12.5 Å². The molecular weight excluding hydrogens is 356 g/mol. The summed E-state index contributed by atoms with van der Waals surface area (Å²) in [5.74, 6) is 1.28. The molecule has 0 bridgehead atoms. The first-order valence-electron chi connectivity index (χ1n) is 9.07. The average Bonchev–Trinajstić information content (AvgIpc) is 3.17. The Morgan fingerprint density at radius 3 is 2.57 bits per heavy atom. The molecule has 0 fully saturated rings. The summed E-state index contributed by atoms with van der Waals surface area (Å²) in [5.41, 5.74) is 3.66. The number of aryl methyl sites for hydroxylation is 1. The number of nitrogens with zero attached hydrogens (tertiary/aromatic N) is 4. The van der Waals surface area contributed by atoms with Gasteiger partial charge in [0.05, 0.1) is 31.5 Å². The largest absolute Gasteiger partial charge is 0.493 e. The fraction of sp³-hybridized carbons (Fsp3) is 0.286. The summed E-state index contributed by atoms with van der Waals surface area (Å²) in [6, 6.07) is 9.21. The maximum absolute atomic E-state index is 13.3. The van der Waals surface area contributed by atoms with Gasteiger partial charge in [-0.15, -0.1) is 0 Å². The van der Waals surface area contributed by atoms with Crippen LogP contribution in [0.3, 0.4) is 0 Å². The van der Waals surface area contributed by atoms with E-state index in [1.807, 2.05) is 30.1 Å². The second-order valence-electron chi connectivity index (χ2n) is 6.68. The van der Waals surface area contributed by atoms with Crippen molar-refractivity contribution in [1.29, 1.82) is 0 Å². The number of pyridine rings is 1. The minimum atomic E-state index is -0.274. The standard InChI is InChI=1S/C21H22N4O3/c1-24-17(6-9-23-24)20-16-12-19(28-3)18(27-2)11-14(16)7-10-25(20)21(26)15-5-4-8-22-13-15/h4-6,8-9,11-13,20H,7,10H2,1-3H3. The SMILES string of the molecule is COc1cc2c(cc1OC)C(c1ccnn1C)N(C(=O)c1cccnc1)CC2. The summed E-state index contributed by atoms with van der Waals surface area (Å²) in [5, 5.41) is 4.32. The van der Waals surface area contributed by atoms with E-state index in [1.165, 1.54) is 0 Å². The normalized spacial score (nSPS) is 15.8. The first-order chi connectivity index (χ1) is 13.6. The Hall–Kier alpha value is -3.35. The maximum atomic E-state index is 13.3. The molecule has 7 heteroatoms. The van der Waals surface area contributed by atoms with Crippen molar-refractivity contribution in [3.8, 4) is 11.5 Å². The van der Waals surface area contributed by atoms with Crippen LogP contribution in [0.5, 0.6) is 11.5 Å². The van der Waals surface area contributed by atoms with Crippen molar-refractivity contribution >= 4 is 5.91 Å². The number of carbonyl (C=O) groups is 1. The lowest BCUT2D eigenvalue weighted by molar-refractivity contribution is 0.0687. The van der Waals surface area contributed by atoms with Crippen molar-refractivity contribution in [3.05, 3.63) is 71.3 Å². The third-order valence-electron chi connectivity index (χ3n) is 5.18. The van der Waals surface area contributed by atoms with Crippen LogP contribution in [0.15, 0.2) is 48.9 Å². The molecular formula is C21H22N4O3. The summed E-state index contributed by atoms with van der Waals surface area (Å²) in [4.78, 5) is 19.3. The third kappa shape index (κ3) is 2.98. The molecule has 144 valence electrons. The van der Waals surface area contributed by atoms with Gasteiger partial charge in [0.1, 0.15) is 0 Å². The van der Waals surface area contributed by atoms with Crippen molar-refractivity contribution in [2.24, 2.45) is 7.05 Å². The fourth-order valence-corrected chi connectivity index (χ4v) is 3.79. The van der Waals surface area contributed by atoms with Crippen LogP contribution >= 0.6 is 0 Å². The van der Waals surface area contributed by atoms with Gasteiger partial charge < -0.3 is 14.4 Å². The Morgan fingerprint density at radius 1 is 1.14 bits per heavy atom. The molecule has 0 saturated heterocycles. The smallest absolute Gasteiger partial charge is 0.256 e. The number of aromatic nitrogens is 3. The minimum absolute atomic E-state index is 0.0558. The molecule has 4 rings (SSSR count). The molecule has 3 aromatic rings. The first kappa shape index (κ1) is 18.0. The van der Waals surface area contributed by atoms with Crippen LogP contribution in [0.4, 0.5) is 0 Å². The summed E-state index contributed by atoms with van der Waals surface area (Å²) in [7, 11) is 5.13. The van der Waals surface area contributed by atoms with Crippen LogP contribution < -0.4 is 9.47 Å². The monoisotopic (exact) mass is 378 g/mol. The molecule has 3 heterocycles. The number of rotatable bonds is 4. The van der Waals surface area contributed by atoms with Gasteiger partial charge in [0.25, 0.3) is 5.91 Å².